The standard InChI is InChI=1S/C26H30N2O4/c1-7-27-26(30)23-22(18-10-14(2)25(29)15(3)11-18)16(4)28-9-8-17-12-20(31-5)21(32-6)13-19(17)24(23)28/h10-13,29H,7-9H2,1-6H3,(H,27,30). The molecule has 3 aromatic rings. The first-order valence-corrected chi connectivity index (χ1v) is 10.9. The van der Waals surface area contributed by atoms with E-state index in [1.807, 2.05) is 45.0 Å². The normalized spacial score (nSPS) is 12.2. The zero-order valence-electron chi connectivity index (χ0n) is 19.5. The molecule has 0 spiro atoms. The fourth-order valence-electron chi connectivity index (χ4n) is 4.80. The van der Waals surface area contributed by atoms with Crippen LogP contribution in [0.5, 0.6) is 17.2 Å². The Bertz CT molecular complexity index is 1200. The zero-order chi connectivity index (χ0) is 23.2. The molecule has 0 fully saturated rings. The molecule has 168 valence electrons. The quantitative estimate of drug-likeness (QED) is 0.606. The molecule has 2 N–H and O–H groups in total. The second-order valence-corrected chi connectivity index (χ2v) is 8.27. The first-order valence-electron chi connectivity index (χ1n) is 10.9. The van der Waals surface area contributed by atoms with Crippen LogP contribution in [0, 0.1) is 20.8 Å². The number of phenolic OH excluding ortho intramolecular Hbond substituents is 1. The highest BCUT2D eigenvalue weighted by molar-refractivity contribution is 6.08. The Morgan fingerprint density at radius 3 is 2.28 bits per heavy atom. The van der Waals surface area contributed by atoms with Crippen LogP contribution in [0.4, 0.5) is 0 Å². The molecule has 0 radical (unpaired) electrons. The monoisotopic (exact) mass is 434 g/mol. The third-order valence-corrected chi connectivity index (χ3v) is 6.34. The van der Waals surface area contributed by atoms with Crippen molar-refractivity contribution in [1.29, 1.82) is 0 Å². The summed E-state index contributed by atoms with van der Waals surface area (Å²) in [6, 6.07) is 7.89. The predicted octanol–water partition coefficient (Wildman–Crippen LogP) is 4.78. The average Bonchev–Trinajstić information content (AvgIpc) is 3.09. The van der Waals surface area contributed by atoms with E-state index in [2.05, 4.69) is 16.8 Å². The lowest BCUT2D eigenvalue weighted by atomic mass is 9.92. The number of hydrogen-bond acceptors (Lipinski definition) is 4. The molecule has 0 saturated carbocycles. The zero-order valence-corrected chi connectivity index (χ0v) is 19.5. The van der Waals surface area contributed by atoms with E-state index in [4.69, 9.17) is 9.47 Å². The Morgan fingerprint density at radius 1 is 1.06 bits per heavy atom. The van der Waals surface area contributed by atoms with Gasteiger partial charge in [-0.05, 0) is 80.6 Å². The minimum atomic E-state index is -0.106. The van der Waals surface area contributed by atoms with Gasteiger partial charge in [0.2, 0.25) is 0 Å². The van der Waals surface area contributed by atoms with Gasteiger partial charge in [0.1, 0.15) is 5.75 Å². The van der Waals surface area contributed by atoms with E-state index in [-0.39, 0.29) is 11.7 Å². The van der Waals surface area contributed by atoms with Gasteiger partial charge in [-0.3, -0.25) is 4.79 Å². The lowest BCUT2D eigenvalue weighted by Gasteiger charge is -2.23. The smallest absolute Gasteiger partial charge is 0.254 e. The van der Waals surface area contributed by atoms with Crippen molar-refractivity contribution >= 4 is 5.91 Å². The molecule has 1 aliphatic rings. The highest BCUT2D eigenvalue weighted by Gasteiger charge is 2.31. The van der Waals surface area contributed by atoms with Crippen molar-refractivity contribution in [3.05, 3.63) is 52.2 Å². The third-order valence-electron chi connectivity index (χ3n) is 6.34. The molecule has 4 rings (SSSR count). The molecule has 0 unspecified atom stereocenters. The molecule has 2 aromatic carbocycles. The fraction of sp³-hybridized carbons (Fsp3) is 0.346. The summed E-state index contributed by atoms with van der Waals surface area (Å²) < 4.78 is 13.3. The minimum Gasteiger partial charge on any atom is -0.507 e. The summed E-state index contributed by atoms with van der Waals surface area (Å²) in [5.74, 6) is 1.51. The van der Waals surface area contributed by atoms with E-state index in [1.165, 1.54) is 0 Å². The van der Waals surface area contributed by atoms with E-state index in [9.17, 15) is 9.90 Å². The van der Waals surface area contributed by atoms with Gasteiger partial charge in [-0.15, -0.1) is 0 Å². The molecular weight excluding hydrogens is 404 g/mol. The number of ether oxygens (including phenoxy) is 2. The van der Waals surface area contributed by atoms with Gasteiger partial charge in [0.25, 0.3) is 5.91 Å². The molecular formula is C26H30N2O4. The van der Waals surface area contributed by atoms with Gasteiger partial charge in [-0.2, -0.15) is 0 Å². The van der Waals surface area contributed by atoms with Gasteiger partial charge in [-0.25, -0.2) is 0 Å². The van der Waals surface area contributed by atoms with E-state index < -0.39 is 0 Å². The highest BCUT2D eigenvalue weighted by Crippen LogP contribution is 2.45. The van der Waals surface area contributed by atoms with Gasteiger partial charge in [-0.1, -0.05) is 0 Å². The van der Waals surface area contributed by atoms with Crippen LogP contribution in [-0.4, -0.2) is 36.3 Å². The summed E-state index contributed by atoms with van der Waals surface area (Å²) in [4.78, 5) is 13.4. The number of phenols is 1. The number of benzene rings is 2. The van der Waals surface area contributed by atoms with Gasteiger partial charge in [0.05, 0.1) is 25.5 Å². The summed E-state index contributed by atoms with van der Waals surface area (Å²) in [7, 11) is 3.25. The molecule has 0 atom stereocenters. The van der Waals surface area contributed by atoms with E-state index in [1.54, 1.807) is 14.2 Å². The number of amides is 1. The lowest BCUT2D eigenvalue weighted by molar-refractivity contribution is 0.0957. The maximum absolute atomic E-state index is 13.4. The van der Waals surface area contributed by atoms with Crippen LogP contribution < -0.4 is 14.8 Å². The fourth-order valence-corrected chi connectivity index (χ4v) is 4.80. The summed E-state index contributed by atoms with van der Waals surface area (Å²) in [5.41, 5.74) is 8.11. The Morgan fingerprint density at radius 2 is 1.69 bits per heavy atom. The molecule has 2 heterocycles. The number of methoxy groups -OCH3 is 2. The van der Waals surface area contributed by atoms with Crippen molar-refractivity contribution < 1.29 is 19.4 Å². The summed E-state index contributed by atoms with van der Waals surface area (Å²) in [6.45, 7) is 9.06. The highest BCUT2D eigenvalue weighted by atomic mass is 16.5. The maximum atomic E-state index is 13.4. The Kier molecular flexibility index (Phi) is 5.63. The molecule has 1 aliphatic heterocycles. The topological polar surface area (TPSA) is 72.7 Å². The van der Waals surface area contributed by atoms with E-state index >= 15 is 0 Å². The largest absolute Gasteiger partial charge is 0.507 e. The first kappa shape index (κ1) is 21.8. The molecule has 1 aromatic heterocycles. The molecule has 6 nitrogen and oxygen atoms in total. The SMILES string of the molecule is CCNC(=O)c1c(-c2cc(C)c(O)c(C)c2)c(C)n2c1-c1cc(OC)c(OC)cc1CC2. The second kappa shape index (κ2) is 8.26. The van der Waals surface area contributed by atoms with Crippen LogP contribution in [-0.2, 0) is 13.0 Å². The Labute approximate surface area is 188 Å². The number of fused-ring (bicyclic) bond motifs is 3. The number of carbonyl (C=O) groups is 1. The van der Waals surface area contributed by atoms with Crippen molar-refractivity contribution in [1.82, 2.24) is 9.88 Å². The first-order chi connectivity index (χ1) is 15.3. The van der Waals surface area contributed by atoms with Crippen LogP contribution in [0.2, 0.25) is 0 Å². The summed E-state index contributed by atoms with van der Waals surface area (Å²) >= 11 is 0. The van der Waals surface area contributed by atoms with Crippen LogP contribution in [0.25, 0.3) is 22.4 Å². The minimum absolute atomic E-state index is 0.106. The number of aromatic nitrogens is 1. The number of hydrogen-bond donors (Lipinski definition) is 2. The number of carbonyl (C=O) groups excluding carboxylic acids is 1. The maximum Gasteiger partial charge on any atom is 0.254 e. The number of rotatable bonds is 5. The Hall–Kier alpha value is -3.41. The van der Waals surface area contributed by atoms with Gasteiger partial charge in [0, 0.05) is 29.9 Å². The molecule has 32 heavy (non-hydrogen) atoms. The van der Waals surface area contributed by atoms with Crippen molar-refractivity contribution in [2.45, 2.75) is 40.7 Å². The van der Waals surface area contributed by atoms with Gasteiger partial charge in [0.15, 0.2) is 11.5 Å². The average molecular weight is 435 g/mol. The van der Waals surface area contributed by atoms with Crippen molar-refractivity contribution in [3.8, 4) is 39.6 Å². The lowest BCUT2D eigenvalue weighted by Crippen LogP contribution is -2.24. The number of nitrogens with one attached hydrogen (secondary N) is 1. The van der Waals surface area contributed by atoms with Gasteiger partial charge >= 0.3 is 0 Å². The van der Waals surface area contributed by atoms with Gasteiger partial charge < -0.3 is 24.5 Å². The molecule has 0 bridgehead atoms. The van der Waals surface area contributed by atoms with Crippen LogP contribution in [0.15, 0.2) is 24.3 Å². The van der Waals surface area contributed by atoms with E-state index in [0.29, 0.717) is 23.6 Å². The summed E-state index contributed by atoms with van der Waals surface area (Å²) in [6.07, 6.45) is 0.833. The van der Waals surface area contributed by atoms with Crippen molar-refractivity contribution in [2.75, 3.05) is 20.8 Å². The predicted molar refractivity (Wildman–Crippen MR) is 126 cm³/mol. The third kappa shape index (κ3) is 3.30. The van der Waals surface area contributed by atoms with Crippen molar-refractivity contribution in [2.24, 2.45) is 0 Å². The van der Waals surface area contributed by atoms with Crippen molar-refractivity contribution in [3.63, 3.8) is 0 Å². The number of aryl methyl sites for hydroxylation is 3. The summed E-state index contributed by atoms with van der Waals surface area (Å²) in [5, 5.41) is 13.3. The molecule has 0 aliphatic carbocycles. The number of nitrogens with zero attached hydrogens (tertiary/aromatic N) is 1. The number of aromatic hydroxyl groups is 1. The molecule has 1 amide bonds. The second-order valence-electron chi connectivity index (χ2n) is 8.27. The van der Waals surface area contributed by atoms with Crippen LogP contribution in [0.3, 0.4) is 0 Å². The van der Waals surface area contributed by atoms with Crippen LogP contribution >= 0.6 is 0 Å². The van der Waals surface area contributed by atoms with E-state index in [0.717, 1.165) is 57.7 Å². The molecule has 6 heteroatoms. The Balaban J connectivity index is 2.06. The molecule has 0 saturated heterocycles. The van der Waals surface area contributed by atoms with Crippen LogP contribution in [0.1, 0.15) is 39.7 Å².